The van der Waals surface area contributed by atoms with Gasteiger partial charge in [-0.15, -0.1) is 0 Å². The first-order valence-electron chi connectivity index (χ1n) is 15.2. The predicted molar refractivity (Wildman–Crippen MR) is 159 cm³/mol. The number of aromatic carboxylic acids is 1. The van der Waals surface area contributed by atoms with Crippen molar-refractivity contribution in [3.8, 4) is 0 Å². The standard InChI is InChI=1S/C32H43N5O5/c1-19(2)16-24(34-32(41)37-15-9-11-21-10-5-7-13-26(21)37)29(38)33-25(30-35-28(31(39)40)20(3)42-30)17-22-18-36(4)27-14-8-6-12-23(22)27/h6,8,12,14,18-19,21,24-26H,5,7,9-11,13,15-17H2,1-4H3,(H,33,38)(H,34,41)(H,39,40)/t21?,24-,25+,26?/m0/s1. The molecule has 2 unspecified atom stereocenters. The van der Waals surface area contributed by atoms with E-state index < -0.39 is 18.1 Å². The van der Waals surface area contributed by atoms with E-state index in [4.69, 9.17) is 4.42 Å². The van der Waals surface area contributed by atoms with Crippen LogP contribution in [-0.2, 0) is 18.3 Å². The van der Waals surface area contributed by atoms with Gasteiger partial charge in [-0.2, -0.15) is 0 Å². The molecule has 1 aliphatic carbocycles. The van der Waals surface area contributed by atoms with Crippen molar-refractivity contribution in [1.82, 2.24) is 25.1 Å². The second kappa shape index (κ2) is 12.6. The van der Waals surface area contributed by atoms with E-state index in [2.05, 4.69) is 15.6 Å². The number of amides is 3. The van der Waals surface area contributed by atoms with E-state index in [0.29, 0.717) is 25.3 Å². The fraction of sp³-hybridized carbons (Fsp3) is 0.562. The van der Waals surface area contributed by atoms with Gasteiger partial charge in [-0.25, -0.2) is 14.6 Å². The second-order valence-corrected chi connectivity index (χ2v) is 12.4. The summed E-state index contributed by atoms with van der Waals surface area (Å²) in [6, 6.07) is 6.53. The lowest BCUT2D eigenvalue weighted by Gasteiger charge is -2.44. The maximum Gasteiger partial charge on any atom is 0.358 e. The van der Waals surface area contributed by atoms with Crippen LogP contribution in [0.25, 0.3) is 10.9 Å². The van der Waals surface area contributed by atoms with Gasteiger partial charge in [0.15, 0.2) is 5.69 Å². The Hall–Kier alpha value is -3.82. The molecule has 3 amide bonds. The Labute approximate surface area is 246 Å². The number of oxazole rings is 1. The first-order valence-corrected chi connectivity index (χ1v) is 15.2. The molecule has 3 heterocycles. The molecule has 42 heavy (non-hydrogen) atoms. The van der Waals surface area contributed by atoms with Gasteiger partial charge in [0.25, 0.3) is 0 Å². The first kappa shape index (κ1) is 29.7. The smallest absolute Gasteiger partial charge is 0.358 e. The maximum absolute atomic E-state index is 13.9. The van der Waals surface area contributed by atoms with Crippen LogP contribution in [0.4, 0.5) is 4.79 Å². The third-order valence-electron chi connectivity index (χ3n) is 8.86. The monoisotopic (exact) mass is 577 g/mol. The van der Waals surface area contributed by atoms with Gasteiger partial charge in [0, 0.05) is 43.2 Å². The summed E-state index contributed by atoms with van der Waals surface area (Å²) in [5.74, 6) is -0.533. The number of piperidine rings is 1. The van der Waals surface area contributed by atoms with Crippen LogP contribution in [0.5, 0.6) is 0 Å². The number of carbonyl (C=O) groups excluding carboxylic acids is 2. The van der Waals surface area contributed by atoms with Crippen molar-refractivity contribution >= 4 is 28.8 Å². The minimum absolute atomic E-state index is 0.127. The summed E-state index contributed by atoms with van der Waals surface area (Å²) in [7, 11) is 1.96. The molecule has 2 aliphatic rings. The number of nitrogens with one attached hydrogen (secondary N) is 2. The highest BCUT2D eigenvalue weighted by Crippen LogP contribution is 2.35. The summed E-state index contributed by atoms with van der Waals surface area (Å²) < 4.78 is 7.84. The van der Waals surface area contributed by atoms with Crippen LogP contribution in [0.3, 0.4) is 0 Å². The van der Waals surface area contributed by atoms with E-state index in [1.54, 1.807) is 6.92 Å². The van der Waals surface area contributed by atoms with Gasteiger partial charge in [0.2, 0.25) is 11.8 Å². The highest BCUT2D eigenvalue weighted by Gasteiger charge is 2.37. The number of para-hydroxylation sites is 1. The molecule has 4 atom stereocenters. The summed E-state index contributed by atoms with van der Waals surface area (Å²) in [6.07, 6.45) is 9.47. The number of urea groups is 1. The Morgan fingerprint density at radius 1 is 1.10 bits per heavy atom. The minimum atomic E-state index is -1.19. The van der Waals surface area contributed by atoms with Crippen LogP contribution in [0.2, 0.25) is 0 Å². The van der Waals surface area contributed by atoms with Crippen molar-refractivity contribution in [3.63, 3.8) is 0 Å². The largest absolute Gasteiger partial charge is 0.476 e. The summed E-state index contributed by atoms with van der Waals surface area (Å²) in [4.78, 5) is 45.5. The molecular formula is C32H43N5O5. The van der Waals surface area contributed by atoms with Crippen molar-refractivity contribution in [2.24, 2.45) is 18.9 Å². The molecular weight excluding hydrogens is 534 g/mol. The van der Waals surface area contributed by atoms with Gasteiger partial charge in [-0.1, -0.05) is 44.9 Å². The normalized spacial score (nSPS) is 20.3. The summed E-state index contributed by atoms with van der Waals surface area (Å²) in [6.45, 7) is 6.30. The quantitative estimate of drug-likeness (QED) is 0.314. The zero-order valence-electron chi connectivity index (χ0n) is 25.1. The number of carboxylic acid groups (broad SMARTS) is 1. The zero-order valence-corrected chi connectivity index (χ0v) is 25.1. The van der Waals surface area contributed by atoms with E-state index in [9.17, 15) is 19.5 Å². The highest BCUT2D eigenvalue weighted by molar-refractivity contribution is 5.88. The number of hydrogen-bond donors (Lipinski definition) is 3. The molecule has 3 aromatic rings. The molecule has 226 valence electrons. The molecule has 2 aromatic heterocycles. The van der Waals surface area contributed by atoms with E-state index >= 15 is 0 Å². The average Bonchev–Trinajstić information content (AvgIpc) is 3.51. The van der Waals surface area contributed by atoms with Crippen molar-refractivity contribution in [3.05, 3.63) is 53.4 Å². The Kier molecular flexibility index (Phi) is 8.89. The predicted octanol–water partition coefficient (Wildman–Crippen LogP) is 5.35. The van der Waals surface area contributed by atoms with Crippen LogP contribution >= 0.6 is 0 Å². The number of likely N-dealkylation sites (tertiary alicyclic amines) is 1. The van der Waals surface area contributed by atoms with E-state index in [-0.39, 0.29) is 41.2 Å². The fourth-order valence-electron chi connectivity index (χ4n) is 6.86. The van der Waals surface area contributed by atoms with Crippen LogP contribution in [0.15, 0.2) is 34.9 Å². The molecule has 1 saturated carbocycles. The molecule has 1 aliphatic heterocycles. The number of hydrogen-bond acceptors (Lipinski definition) is 5. The van der Waals surface area contributed by atoms with Gasteiger partial charge in [-0.05, 0) is 62.5 Å². The van der Waals surface area contributed by atoms with Crippen LogP contribution in [0.1, 0.15) is 92.5 Å². The number of aryl methyl sites for hydroxylation is 2. The zero-order chi connectivity index (χ0) is 30.0. The number of nitrogens with zero attached hydrogens (tertiary/aromatic N) is 3. The van der Waals surface area contributed by atoms with Gasteiger partial charge < -0.3 is 29.6 Å². The van der Waals surface area contributed by atoms with E-state index in [1.807, 2.05) is 60.8 Å². The first-order chi connectivity index (χ1) is 20.1. The Bertz CT molecular complexity index is 1440. The Balaban J connectivity index is 1.40. The maximum atomic E-state index is 13.9. The van der Waals surface area contributed by atoms with Gasteiger partial charge in [-0.3, -0.25) is 4.79 Å². The Morgan fingerprint density at radius 2 is 1.83 bits per heavy atom. The lowest BCUT2D eigenvalue weighted by molar-refractivity contribution is -0.124. The molecule has 0 bridgehead atoms. The fourth-order valence-corrected chi connectivity index (χ4v) is 6.86. The molecule has 1 aromatic carbocycles. The van der Waals surface area contributed by atoms with Crippen molar-refractivity contribution in [1.29, 1.82) is 0 Å². The lowest BCUT2D eigenvalue weighted by Crippen LogP contribution is -2.57. The van der Waals surface area contributed by atoms with E-state index in [1.165, 1.54) is 6.42 Å². The summed E-state index contributed by atoms with van der Waals surface area (Å²) >= 11 is 0. The SMILES string of the molecule is Cc1oc([C@@H](Cc2cn(C)c3ccccc23)NC(=O)[C@H](CC(C)C)NC(=O)N2CCCC3CCCCC32)nc1C(=O)O. The molecule has 5 rings (SSSR count). The van der Waals surface area contributed by atoms with Crippen molar-refractivity contribution in [2.75, 3.05) is 6.54 Å². The number of carboxylic acids is 1. The van der Waals surface area contributed by atoms with Crippen LogP contribution in [0, 0.1) is 18.8 Å². The second-order valence-electron chi connectivity index (χ2n) is 12.4. The third-order valence-corrected chi connectivity index (χ3v) is 8.86. The van der Waals surface area contributed by atoms with Crippen molar-refractivity contribution in [2.45, 2.75) is 90.3 Å². The minimum Gasteiger partial charge on any atom is -0.476 e. The molecule has 10 heteroatoms. The molecule has 10 nitrogen and oxygen atoms in total. The molecule has 0 spiro atoms. The topological polar surface area (TPSA) is 130 Å². The molecule has 3 N–H and O–H groups in total. The van der Waals surface area contributed by atoms with Gasteiger partial charge in [0.05, 0.1) is 0 Å². The van der Waals surface area contributed by atoms with Crippen LogP contribution < -0.4 is 10.6 Å². The van der Waals surface area contributed by atoms with E-state index in [0.717, 1.165) is 48.6 Å². The summed E-state index contributed by atoms with van der Waals surface area (Å²) in [5.41, 5.74) is 1.83. The number of fused-ring (bicyclic) bond motifs is 2. The van der Waals surface area contributed by atoms with Gasteiger partial charge in [0.1, 0.15) is 17.8 Å². The third kappa shape index (κ3) is 6.32. The molecule has 0 radical (unpaired) electrons. The molecule has 1 saturated heterocycles. The average molecular weight is 578 g/mol. The number of carbonyl (C=O) groups is 3. The number of benzene rings is 1. The highest BCUT2D eigenvalue weighted by atomic mass is 16.4. The molecule has 2 fully saturated rings. The number of rotatable bonds is 9. The summed E-state index contributed by atoms with van der Waals surface area (Å²) in [5, 5.41) is 16.8. The Morgan fingerprint density at radius 3 is 2.57 bits per heavy atom. The van der Waals surface area contributed by atoms with Gasteiger partial charge >= 0.3 is 12.0 Å². The van der Waals surface area contributed by atoms with Crippen molar-refractivity contribution < 1.29 is 23.9 Å². The lowest BCUT2D eigenvalue weighted by atomic mass is 9.78. The number of aromatic nitrogens is 2. The van der Waals surface area contributed by atoms with Crippen LogP contribution in [-0.4, -0.2) is 56.1 Å².